The van der Waals surface area contributed by atoms with Gasteiger partial charge in [0.1, 0.15) is 11.6 Å². The van der Waals surface area contributed by atoms with Gasteiger partial charge in [0, 0.05) is 47.3 Å². The molecule has 0 radical (unpaired) electrons. The summed E-state index contributed by atoms with van der Waals surface area (Å²) in [5.41, 5.74) is 8.67. The predicted octanol–water partition coefficient (Wildman–Crippen LogP) is 3.55. The Morgan fingerprint density at radius 3 is 2.55 bits per heavy atom. The van der Waals surface area contributed by atoms with Gasteiger partial charge in [-0.3, -0.25) is 9.59 Å². The predicted molar refractivity (Wildman–Crippen MR) is 139 cm³/mol. The van der Waals surface area contributed by atoms with E-state index in [9.17, 15) is 26.8 Å². The lowest BCUT2D eigenvalue weighted by Gasteiger charge is -2.16. The van der Waals surface area contributed by atoms with Gasteiger partial charge in [0.05, 0.1) is 21.8 Å². The maximum atomic E-state index is 14.1. The number of hydrogen-bond acceptors (Lipinski definition) is 5. The van der Waals surface area contributed by atoms with Gasteiger partial charge in [-0.05, 0) is 62.2 Å². The Balaban J connectivity index is 1.50. The minimum absolute atomic E-state index is 0.0564. The molecule has 1 atom stereocenters. The van der Waals surface area contributed by atoms with Gasteiger partial charge in [0.15, 0.2) is 9.84 Å². The minimum atomic E-state index is -4.14. The number of likely N-dealkylation sites (tertiary alicyclic amines) is 1. The molecule has 8 nitrogen and oxygen atoms in total. The van der Waals surface area contributed by atoms with E-state index in [2.05, 4.69) is 10.3 Å². The highest BCUT2D eigenvalue weighted by Gasteiger charge is 2.31. The number of aromatic nitrogens is 1. The van der Waals surface area contributed by atoms with Crippen molar-refractivity contribution in [1.29, 1.82) is 0 Å². The molecule has 3 heterocycles. The van der Waals surface area contributed by atoms with Crippen LogP contribution in [0.4, 0.5) is 14.5 Å². The third kappa shape index (κ3) is 4.52. The molecule has 1 fully saturated rings. The lowest BCUT2D eigenvalue weighted by Crippen LogP contribution is -2.32. The molecule has 2 aromatic carbocycles. The number of anilines is 1. The third-order valence-electron chi connectivity index (χ3n) is 7.02. The summed E-state index contributed by atoms with van der Waals surface area (Å²) in [5, 5.41) is 2.70. The normalized spacial score (nSPS) is 18.2. The number of aryl methyl sites for hydroxylation is 1. The van der Waals surface area contributed by atoms with E-state index in [0.717, 1.165) is 24.6 Å². The lowest BCUT2D eigenvalue weighted by molar-refractivity contribution is -0.110. The molecule has 11 heteroatoms. The molecule has 2 aliphatic heterocycles. The molecule has 3 aromatic rings. The Morgan fingerprint density at radius 2 is 1.89 bits per heavy atom. The van der Waals surface area contributed by atoms with Gasteiger partial charge in [0.25, 0.3) is 11.8 Å². The lowest BCUT2D eigenvalue weighted by atomic mass is 10.0. The molecule has 38 heavy (non-hydrogen) atoms. The number of carbonyl (C=O) groups is 2. The van der Waals surface area contributed by atoms with Crippen LogP contribution in [0, 0.1) is 25.5 Å². The van der Waals surface area contributed by atoms with E-state index in [1.807, 2.05) is 0 Å². The fourth-order valence-electron chi connectivity index (χ4n) is 4.96. The van der Waals surface area contributed by atoms with Gasteiger partial charge in [-0.1, -0.05) is 6.07 Å². The quantitative estimate of drug-likeness (QED) is 0.427. The van der Waals surface area contributed by atoms with E-state index in [1.54, 1.807) is 24.8 Å². The second-order valence-electron chi connectivity index (χ2n) is 9.64. The zero-order chi connectivity index (χ0) is 27.4. The highest BCUT2D eigenvalue weighted by molar-refractivity contribution is 7.90. The van der Waals surface area contributed by atoms with Crippen LogP contribution < -0.4 is 11.1 Å². The third-order valence-corrected chi connectivity index (χ3v) is 8.66. The molecule has 1 saturated heterocycles. The van der Waals surface area contributed by atoms with Crippen LogP contribution in [0.5, 0.6) is 0 Å². The van der Waals surface area contributed by atoms with E-state index < -0.39 is 38.7 Å². The molecule has 2 aliphatic rings. The number of fused-ring (bicyclic) bond motifs is 1. The van der Waals surface area contributed by atoms with Gasteiger partial charge in [-0.25, -0.2) is 17.2 Å². The van der Waals surface area contributed by atoms with Gasteiger partial charge < -0.3 is 20.9 Å². The molecule has 0 aliphatic carbocycles. The Morgan fingerprint density at radius 1 is 1.18 bits per heavy atom. The first-order valence-electron chi connectivity index (χ1n) is 12.0. The van der Waals surface area contributed by atoms with Crippen LogP contribution in [0.1, 0.15) is 44.9 Å². The fraction of sp³-hybridized carbons (Fsp3) is 0.259. The summed E-state index contributed by atoms with van der Waals surface area (Å²) in [6, 6.07) is 7.15. The number of rotatable bonds is 5. The van der Waals surface area contributed by atoms with Gasteiger partial charge in [-0.15, -0.1) is 0 Å². The molecule has 0 saturated carbocycles. The molecule has 198 valence electrons. The van der Waals surface area contributed by atoms with Crippen molar-refractivity contribution in [3.8, 4) is 0 Å². The molecule has 0 unspecified atom stereocenters. The molecule has 0 spiro atoms. The number of benzene rings is 2. The van der Waals surface area contributed by atoms with Gasteiger partial charge in [-0.2, -0.15) is 0 Å². The fourth-order valence-corrected chi connectivity index (χ4v) is 6.36. The Kier molecular flexibility index (Phi) is 6.44. The summed E-state index contributed by atoms with van der Waals surface area (Å²) in [6.45, 7) is 4.59. The summed E-state index contributed by atoms with van der Waals surface area (Å²) < 4.78 is 54.4. The number of nitrogens with one attached hydrogen (secondary N) is 2. The SMILES string of the molecule is Cc1[nH]c(/C=C2\C(=O)Nc3ccc(S(=O)(=O)Cc4c(F)cccc4F)cc32)c(C)c1C(=O)N1CC[C@H](N)C1. The number of amides is 2. The van der Waals surface area contributed by atoms with Crippen molar-refractivity contribution < 1.29 is 26.8 Å². The topological polar surface area (TPSA) is 125 Å². The number of sulfone groups is 1. The van der Waals surface area contributed by atoms with Crippen molar-refractivity contribution in [3.05, 3.63) is 81.7 Å². The van der Waals surface area contributed by atoms with E-state index in [-0.39, 0.29) is 22.4 Å². The van der Waals surface area contributed by atoms with Gasteiger partial charge in [0.2, 0.25) is 0 Å². The Hall–Kier alpha value is -3.83. The van der Waals surface area contributed by atoms with Crippen molar-refractivity contribution in [3.63, 3.8) is 0 Å². The molecule has 5 rings (SSSR count). The largest absolute Gasteiger partial charge is 0.358 e. The summed E-state index contributed by atoms with van der Waals surface area (Å²) in [6.07, 6.45) is 2.31. The maximum Gasteiger partial charge on any atom is 0.256 e. The molecular formula is C27H26F2N4O4S. The Bertz CT molecular complexity index is 1610. The van der Waals surface area contributed by atoms with Crippen molar-refractivity contribution in [2.75, 3.05) is 18.4 Å². The molecule has 4 N–H and O–H groups in total. The van der Waals surface area contributed by atoms with Crippen molar-refractivity contribution in [2.24, 2.45) is 5.73 Å². The van der Waals surface area contributed by atoms with Crippen LogP contribution in [-0.2, 0) is 20.4 Å². The smallest absolute Gasteiger partial charge is 0.256 e. The van der Waals surface area contributed by atoms with E-state index in [1.165, 1.54) is 18.2 Å². The van der Waals surface area contributed by atoms with Crippen LogP contribution in [0.3, 0.4) is 0 Å². The van der Waals surface area contributed by atoms with Crippen LogP contribution in [0.25, 0.3) is 11.6 Å². The molecular weight excluding hydrogens is 514 g/mol. The zero-order valence-corrected chi connectivity index (χ0v) is 21.6. The summed E-state index contributed by atoms with van der Waals surface area (Å²) >= 11 is 0. The Labute approximate surface area is 218 Å². The summed E-state index contributed by atoms with van der Waals surface area (Å²) in [4.78, 5) is 30.6. The second kappa shape index (κ2) is 9.48. The van der Waals surface area contributed by atoms with Crippen LogP contribution >= 0.6 is 0 Å². The van der Waals surface area contributed by atoms with Gasteiger partial charge >= 0.3 is 0 Å². The van der Waals surface area contributed by atoms with Crippen molar-refractivity contribution in [1.82, 2.24) is 9.88 Å². The summed E-state index contributed by atoms with van der Waals surface area (Å²) in [7, 11) is -4.14. The van der Waals surface area contributed by atoms with E-state index in [0.29, 0.717) is 46.9 Å². The van der Waals surface area contributed by atoms with Crippen LogP contribution in [0.2, 0.25) is 0 Å². The highest BCUT2D eigenvalue weighted by atomic mass is 32.2. The first kappa shape index (κ1) is 25.8. The van der Waals surface area contributed by atoms with Crippen molar-refractivity contribution in [2.45, 2.75) is 37.0 Å². The number of nitrogens with zero attached hydrogens (tertiary/aromatic N) is 1. The number of halogens is 2. The number of H-pyrrole nitrogens is 1. The van der Waals surface area contributed by atoms with Crippen molar-refractivity contribution >= 4 is 39.0 Å². The van der Waals surface area contributed by atoms with E-state index in [4.69, 9.17) is 5.73 Å². The minimum Gasteiger partial charge on any atom is -0.358 e. The standard InChI is InChI=1S/C27H26F2N4O4S/c1-14-24(31-15(2)25(14)27(35)33-9-8-16(30)12-33)11-19-18-10-17(6-7-23(18)32-26(19)34)38(36,37)13-20-21(28)4-3-5-22(20)29/h3-7,10-11,16,31H,8-9,12-13,30H2,1-2H3,(H,32,34)/b19-11-/t16-/m0/s1. The number of hydrogen-bond donors (Lipinski definition) is 3. The van der Waals surface area contributed by atoms with E-state index >= 15 is 0 Å². The molecule has 1 aromatic heterocycles. The molecule has 0 bridgehead atoms. The first-order valence-corrected chi connectivity index (χ1v) is 13.7. The maximum absolute atomic E-state index is 14.1. The number of aromatic amines is 1. The average Bonchev–Trinajstić information content (AvgIpc) is 3.51. The number of carbonyl (C=O) groups excluding carboxylic acids is 2. The average molecular weight is 541 g/mol. The monoisotopic (exact) mass is 540 g/mol. The van der Waals surface area contributed by atoms with Crippen LogP contribution in [-0.4, -0.2) is 49.2 Å². The number of nitrogens with two attached hydrogens (primary N) is 1. The first-order chi connectivity index (χ1) is 18.0. The second-order valence-corrected chi connectivity index (χ2v) is 11.6. The van der Waals surface area contributed by atoms with Crippen LogP contribution in [0.15, 0.2) is 41.3 Å². The summed E-state index contributed by atoms with van der Waals surface area (Å²) in [5.74, 6) is -3.36. The molecule has 2 amide bonds. The zero-order valence-electron chi connectivity index (χ0n) is 20.8. The highest BCUT2D eigenvalue weighted by Crippen LogP contribution is 2.36.